The summed E-state index contributed by atoms with van der Waals surface area (Å²) in [7, 11) is 0. The van der Waals surface area contributed by atoms with E-state index in [0.717, 1.165) is 5.56 Å². The first-order valence-corrected chi connectivity index (χ1v) is 7.47. The summed E-state index contributed by atoms with van der Waals surface area (Å²) < 4.78 is 4.98. The molecule has 1 aromatic rings. The third-order valence-corrected chi connectivity index (χ3v) is 3.44. The van der Waals surface area contributed by atoms with Crippen LogP contribution in [0.25, 0.3) is 0 Å². The second kappa shape index (κ2) is 9.45. The first kappa shape index (κ1) is 18.5. The molecular formula is C16H23N3O4. The van der Waals surface area contributed by atoms with Crippen molar-refractivity contribution in [3.63, 3.8) is 0 Å². The van der Waals surface area contributed by atoms with E-state index in [2.05, 4.69) is 10.6 Å². The summed E-state index contributed by atoms with van der Waals surface area (Å²) >= 11 is 0. The zero-order chi connectivity index (χ0) is 17.2. The predicted octanol–water partition coefficient (Wildman–Crippen LogP) is 0.929. The third kappa shape index (κ3) is 6.82. The van der Waals surface area contributed by atoms with Gasteiger partial charge >= 0.3 is 6.09 Å². The SMILES string of the molecule is CCC(C)C(NC(=O)CNC(=O)OCc1ccccc1)C(N)=O. The van der Waals surface area contributed by atoms with E-state index in [1.54, 1.807) is 0 Å². The van der Waals surface area contributed by atoms with Crippen molar-refractivity contribution in [2.24, 2.45) is 11.7 Å². The minimum Gasteiger partial charge on any atom is -0.445 e. The second-order valence-corrected chi connectivity index (χ2v) is 5.25. The smallest absolute Gasteiger partial charge is 0.407 e. The average molecular weight is 321 g/mol. The number of benzene rings is 1. The Morgan fingerprint density at radius 1 is 1.22 bits per heavy atom. The Morgan fingerprint density at radius 2 is 1.87 bits per heavy atom. The van der Waals surface area contributed by atoms with Gasteiger partial charge in [-0.1, -0.05) is 50.6 Å². The minimum absolute atomic E-state index is 0.0820. The lowest BCUT2D eigenvalue weighted by Gasteiger charge is -2.21. The van der Waals surface area contributed by atoms with Crippen LogP contribution in [0.2, 0.25) is 0 Å². The lowest BCUT2D eigenvalue weighted by atomic mass is 9.98. The van der Waals surface area contributed by atoms with Crippen LogP contribution in [-0.4, -0.2) is 30.5 Å². The number of primary amides is 1. The van der Waals surface area contributed by atoms with Crippen LogP contribution in [0.15, 0.2) is 30.3 Å². The Morgan fingerprint density at radius 3 is 2.43 bits per heavy atom. The zero-order valence-corrected chi connectivity index (χ0v) is 13.4. The Bertz CT molecular complexity index is 533. The molecular weight excluding hydrogens is 298 g/mol. The van der Waals surface area contributed by atoms with Gasteiger partial charge in [0.1, 0.15) is 19.2 Å². The Labute approximate surface area is 135 Å². The van der Waals surface area contributed by atoms with Gasteiger partial charge < -0.3 is 21.1 Å². The van der Waals surface area contributed by atoms with Gasteiger partial charge in [0.15, 0.2) is 0 Å². The Balaban J connectivity index is 2.34. The highest BCUT2D eigenvalue weighted by atomic mass is 16.5. The summed E-state index contributed by atoms with van der Waals surface area (Å²) in [6.45, 7) is 3.54. The number of rotatable bonds is 8. The molecule has 0 aliphatic carbocycles. The number of alkyl carbamates (subject to hydrolysis) is 1. The van der Waals surface area contributed by atoms with Crippen molar-refractivity contribution in [3.8, 4) is 0 Å². The van der Waals surface area contributed by atoms with Gasteiger partial charge in [0.25, 0.3) is 0 Å². The van der Waals surface area contributed by atoms with Gasteiger partial charge in [-0.05, 0) is 11.5 Å². The molecule has 23 heavy (non-hydrogen) atoms. The molecule has 0 saturated heterocycles. The Kier molecular flexibility index (Phi) is 7.59. The van der Waals surface area contributed by atoms with Gasteiger partial charge in [-0.2, -0.15) is 0 Å². The van der Waals surface area contributed by atoms with Gasteiger partial charge in [0, 0.05) is 0 Å². The monoisotopic (exact) mass is 321 g/mol. The zero-order valence-electron chi connectivity index (χ0n) is 13.4. The van der Waals surface area contributed by atoms with E-state index < -0.39 is 23.9 Å². The molecule has 0 radical (unpaired) electrons. The Hall–Kier alpha value is -2.57. The highest BCUT2D eigenvalue weighted by Crippen LogP contribution is 2.06. The fraction of sp³-hybridized carbons (Fsp3) is 0.438. The van der Waals surface area contributed by atoms with Gasteiger partial charge in [-0.25, -0.2) is 4.79 Å². The van der Waals surface area contributed by atoms with Crippen molar-refractivity contribution in [2.45, 2.75) is 32.9 Å². The molecule has 7 heteroatoms. The van der Waals surface area contributed by atoms with E-state index in [1.807, 2.05) is 44.2 Å². The predicted molar refractivity (Wildman–Crippen MR) is 85.2 cm³/mol. The summed E-state index contributed by atoms with van der Waals surface area (Å²) in [5.41, 5.74) is 6.11. The quantitative estimate of drug-likeness (QED) is 0.661. The maximum atomic E-state index is 11.8. The van der Waals surface area contributed by atoms with Crippen LogP contribution in [0.1, 0.15) is 25.8 Å². The molecule has 4 N–H and O–H groups in total. The molecule has 3 amide bonds. The molecule has 0 aliphatic heterocycles. The van der Waals surface area contributed by atoms with Gasteiger partial charge in [-0.3, -0.25) is 9.59 Å². The standard InChI is InChI=1S/C16H23N3O4/c1-3-11(2)14(15(17)21)19-13(20)9-18-16(22)23-10-12-7-5-4-6-8-12/h4-8,11,14H,3,9-10H2,1-2H3,(H2,17,21)(H,18,22)(H,19,20). The number of carbonyl (C=O) groups excluding carboxylic acids is 3. The summed E-state index contributed by atoms with van der Waals surface area (Å²) in [5.74, 6) is -1.17. The summed E-state index contributed by atoms with van der Waals surface area (Å²) in [5, 5.41) is 4.84. The number of hydrogen-bond acceptors (Lipinski definition) is 4. The molecule has 0 aromatic heterocycles. The lowest BCUT2D eigenvalue weighted by Crippen LogP contribution is -2.50. The topological polar surface area (TPSA) is 111 Å². The van der Waals surface area contributed by atoms with Crippen molar-refractivity contribution in [2.75, 3.05) is 6.54 Å². The second-order valence-electron chi connectivity index (χ2n) is 5.25. The maximum Gasteiger partial charge on any atom is 0.407 e. The van der Waals surface area contributed by atoms with Crippen molar-refractivity contribution in [1.82, 2.24) is 10.6 Å². The van der Waals surface area contributed by atoms with Crippen molar-refractivity contribution < 1.29 is 19.1 Å². The molecule has 7 nitrogen and oxygen atoms in total. The van der Waals surface area contributed by atoms with Crippen LogP contribution in [0.5, 0.6) is 0 Å². The molecule has 0 saturated carbocycles. The molecule has 2 unspecified atom stereocenters. The van der Waals surface area contributed by atoms with Gasteiger partial charge in [0.05, 0.1) is 0 Å². The molecule has 1 rings (SSSR count). The fourth-order valence-electron chi connectivity index (χ4n) is 1.88. The van der Waals surface area contributed by atoms with Crippen molar-refractivity contribution >= 4 is 17.9 Å². The maximum absolute atomic E-state index is 11.8. The van der Waals surface area contributed by atoms with Crippen LogP contribution in [0.3, 0.4) is 0 Å². The average Bonchev–Trinajstić information content (AvgIpc) is 2.55. The van der Waals surface area contributed by atoms with Crippen LogP contribution < -0.4 is 16.4 Å². The third-order valence-electron chi connectivity index (χ3n) is 3.44. The number of carbonyl (C=O) groups is 3. The van der Waals surface area contributed by atoms with E-state index >= 15 is 0 Å². The summed E-state index contributed by atoms with van der Waals surface area (Å²) in [4.78, 5) is 34.6. The van der Waals surface area contributed by atoms with E-state index in [-0.39, 0.29) is 19.1 Å². The van der Waals surface area contributed by atoms with Crippen LogP contribution in [-0.2, 0) is 20.9 Å². The van der Waals surface area contributed by atoms with Crippen molar-refractivity contribution in [1.29, 1.82) is 0 Å². The molecule has 2 atom stereocenters. The minimum atomic E-state index is -0.755. The number of nitrogens with one attached hydrogen (secondary N) is 2. The fourth-order valence-corrected chi connectivity index (χ4v) is 1.88. The molecule has 0 aliphatic rings. The summed E-state index contributed by atoms with van der Waals surface area (Å²) in [6.07, 6.45) is -0.0105. The number of amides is 3. The first-order valence-electron chi connectivity index (χ1n) is 7.47. The van der Waals surface area contributed by atoms with E-state index in [1.165, 1.54) is 0 Å². The number of hydrogen-bond donors (Lipinski definition) is 3. The molecule has 126 valence electrons. The molecule has 0 heterocycles. The molecule has 0 bridgehead atoms. The van der Waals surface area contributed by atoms with E-state index in [0.29, 0.717) is 6.42 Å². The highest BCUT2D eigenvalue weighted by Gasteiger charge is 2.23. The van der Waals surface area contributed by atoms with Gasteiger partial charge in [0.2, 0.25) is 11.8 Å². The molecule has 1 aromatic carbocycles. The number of ether oxygens (including phenoxy) is 1. The van der Waals surface area contributed by atoms with Crippen LogP contribution in [0.4, 0.5) is 4.79 Å². The first-order chi connectivity index (χ1) is 10.9. The van der Waals surface area contributed by atoms with E-state index in [9.17, 15) is 14.4 Å². The highest BCUT2D eigenvalue weighted by molar-refractivity contribution is 5.88. The largest absolute Gasteiger partial charge is 0.445 e. The normalized spacial score (nSPS) is 12.8. The van der Waals surface area contributed by atoms with E-state index in [4.69, 9.17) is 10.5 Å². The van der Waals surface area contributed by atoms with Crippen LogP contribution in [0, 0.1) is 5.92 Å². The lowest BCUT2D eigenvalue weighted by molar-refractivity contribution is -0.127. The molecule has 0 fully saturated rings. The molecule has 0 spiro atoms. The van der Waals surface area contributed by atoms with Crippen LogP contribution >= 0.6 is 0 Å². The summed E-state index contributed by atoms with van der Waals surface area (Å²) in [6, 6.07) is 8.42. The number of nitrogens with two attached hydrogens (primary N) is 1. The van der Waals surface area contributed by atoms with Crippen molar-refractivity contribution in [3.05, 3.63) is 35.9 Å². The van der Waals surface area contributed by atoms with Gasteiger partial charge in [-0.15, -0.1) is 0 Å².